The minimum absolute atomic E-state index is 0.346. The quantitative estimate of drug-likeness (QED) is 0.902. The molecule has 0 aliphatic heterocycles. The van der Waals surface area contributed by atoms with Crippen LogP contribution in [0.2, 0.25) is 0 Å². The van der Waals surface area contributed by atoms with Crippen molar-refractivity contribution in [3.63, 3.8) is 0 Å². The molecule has 0 fully saturated rings. The summed E-state index contributed by atoms with van der Waals surface area (Å²) in [5.41, 5.74) is 2.62. The van der Waals surface area contributed by atoms with Gasteiger partial charge in [-0.1, -0.05) is 6.07 Å². The first kappa shape index (κ1) is 12.6. The van der Waals surface area contributed by atoms with Crippen LogP contribution in [0.3, 0.4) is 0 Å². The van der Waals surface area contributed by atoms with Crippen molar-refractivity contribution in [2.75, 3.05) is 0 Å². The third-order valence-electron chi connectivity index (χ3n) is 3.64. The van der Waals surface area contributed by atoms with Crippen molar-refractivity contribution in [3.8, 4) is 5.75 Å². The van der Waals surface area contributed by atoms with Crippen LogP contribution in [0, 0.1) is 6.92 Å². The van der Waals surface area contributed by atoms with Gasteiger partial charge in [-0.05, 0) is 49.4 Å². The summed E-state index contributed by atoms with van der Waals surface area (Å²) in [5.74, 6) is 0.362. The summed E-state index contributed by atoms with van der Waals surface area (Å²) >= 11 is 1.74. The monoisotopic (exact) mass is 274 g/mol. The van der Waals surface area contributed by atoms with Gasteiger partial charge in [0, 0.05) is 23.7 Å². The fourth-order valence-electron chi connectivity index (χ4n) is 2.71. The molecule has 1 atom stereocenters. The SMILES string of the molecule is Cc1ncc(CNC2CCCc3ccc(O)cc32)s1. The standard InChI is InChI=1S/C15H18N2OS/c1-10-16-8-13(19-10)9-17-15-4-2-3-11-5-6-12(18)7-14(11)15/h5-8,15,17-18H,2-4,9H2,1H3. The zero-order valence-electron chi connectivity index (χ0n) is 11.0. The molecule has 100 valence electrons. The van der Waals surface area contributed by atoms with Gasteiger partial charge in [0.2, 0.25) is 0 Å². The second-order valence-electron chi connectivity index (χ2n) is 5.05. The largest absolute Gasteiger partial charge is 0.508 e. The van der Waals surface area contributed by atoms with Gasteiger partial charge in [0.25, 0.3) is 0 Å². The highest BCUT2D eigenvalue weighted by molar-refractivity contribution is 7.11. The molecule has 0 amide bonds. The lowest BCUT2D eigenvalue weighted by Gasteiger charge is -2.26. The number of rotatable bonds is 3. The number of benzene rings is 1. The highest BCUT2D eigenvalue weighted by Crippen LogP contribution is 2.32. The molecule has 2 N–H and O–H groups in total. The topological polar surface area (TPSA) is 45.2 Å². The van der Waals surface area contributed by atoms with Gasteiger partial charge < -0.3 is 10.4 Å². The fraction of sp³-hybridized carbons (Fsp3) is 0.400. The average molecular weight is 274 g/mol. The van der Waals surface area contributed by atoms with E-state index in [-0.39, 0.29) is 0 Å². The van der Waals surface area contributed by atoms with Gasteiger partial charge in [-0.25, -0.2) is 4.98 Å². The van der Waals surface area contributed by atoms with E-state index < -0.39 is 0 Å². The molecular formula is C15H18N2OS. The molecule has 0 saturated carbocycles. The van der Waals surface area contributed by atoms with Crippen LogP contribution in [0.4, 0.5) is 0 Å². The predicted octanol–water partition coefficient (Wildman–Crippen LogP) is 3.32. The number of aromatic nitrogens is 1. The second-order valence-corrected chi connectivity index (χ2v) is 6.37. The van der Waals surface area contributed by atoms with Crippen LogP contribution in [-0.4, -0.2) is 10.1 Å². The number of fused-ring (bicyclic) bond motifs is 1. The summed E-state index contributed by atoms with van der Waals surface area (Å²) in [7, 11) is 0. The van der Waals surface area contributed by atoms with E-state index in [2.05, 4.69) is 16.4 Å². The van der Waals surface area contributed by atoms with Crippen LogP contribution in [0.25, 0.3) is 0 Å². The highest BCUT2D eigenvalue weighted by Gasteiger charge is 2.20. The van der Waals surface area contributed by atoms with Gasteiger partial charge >= 0.3 is 0 Å². The van der Waals surface area contributed by atoms with Crippen LogP contribution < -0.4 is 5.32 Å². The van der Waals surface area contributed by atoms with Crippen LogP contribution in [0.15, 0.2) is 24.4 Å². The van der Waals surface area contributed by atoms with Crippen molar-refractivity contribution >= 4 is 11.3 Å². The normalized spacial score (nSPS) is 18.3. The van der Waals surface area contributed by atoms with Crippen molar-refractivity contribution in [2.24, 2.45) is 0 Å². The van der Waals surface area contributed by atoms with E-state index >= 15 is 0 Å². The first-order valence-electron chi connectivity index (χ1n) is 6.69. The molecule has 0 spiro atoms. The molecule has 0 radical (unpaired) electrons. The highest BCUT2D eigenvalue weighted by atomic mass is 32.1. The number of phenolic OH excluding ortho intramolecular Hbond substituents is 1. The molecule has 1 aliphatic rings. The summed E-state index contributed by atoms with van der Waals surface area (Å²) in [6.45, 7) is 2.88. The first-order chi connectivity index (χ1) is 9.22. The van der Waals surface area contributed by atoms with Gasteiger partial charge in [0.1, 0.15) is 5.75 Å². The van der Waals surface area contributed by atoms with Gasteiger partial charge in [-0.2, -0.15) is 0 Å². The lowest BCUT2D eigenvalue weighted by atomic mass is 9.87. The number of hydrogen-bond donors (Lipinski definition) is 2. The number of nitrogens with zero attached hydrogens (tertiary/aromatic N) is 1. The summed E-state index contributed by atoms with van der Waals surface area (Å²) in [4.78, 5) is 5.55. The molecule has 1 unspecified atom stereocenters. The number of nitrogens with one attached hydrogen (secondary N) is 1. The van der Waals surface area contributed by atoms with E-state index in [1.54, 1.807) is 17.4 Å². The number of phenols is 1. The Kier molecular flexibility index (Phi) is 3.53. The summed E-state index contributed by atoms with van der Waals surface area (Å²) in [5, 5.41) is 14.4. The third kappa shape index (κ3) is 2.80. The Balaban J connectivity index is 1.74. The van der Waals surface area contributed by atoms with Crippen molar-refractivity contribution in [2.45, 2.75) is 38.8 Å². The Hall–Kier alpha value is -1.39. The Labute approximate surface area is 117 Å². The minimum atomic E-state index is 0.346. The molecule has 1 aromatic heterocycles. The lowest BCUT2D eigenvalue weighted by Crippen LogP contribution is -2.24. The molecule has 0 saturated heterocycles. The van der Waals surface area contributed by atoms with E-state index in [1.807, 2.05) is 19.2 Å². The maximum Gasteiger partial charge on any atom is 0.115 e. The Morgan fingerprint density at radius 3 is 3.16 bits per heavy atom. The van der Waals surface area contributed by atoms with Gasteiger partial charge in [-0.15, -0.1) is 11.3 Å². The van der Waals surface area contributed by atoms with Gasteiger partial charge in [0.15, 0.2) is 0 Å². The Morgan fingerprint density at radius 2 is 2.37 bits per heavy atom. The summed E-state index contributed by atoms with van der Waals surface area (Å²) < 4.78 is 0. The number of aryl methyl sites for hydroxylation is 2. The fourth-order valence-corrected chi connectivity index (χ4v) is 3.46. The van der Waals surface area contributed by atoms with E-state index in [0.29, 0.717) is 11.8 Å². The van der Waals surface area contributed by atoms with Crippen molar-refractivity contribution < 1.29 is 5.11 Å². The van der Waals surface area contributed by atoms with E-state index in [9.17, 15) is 5.11 Å². The predicted molar refractivity (Wildman–Crippen MR) is 77.5 cm³/mol. The summed E-state index contributed by atoms with van der Waals surface area (Å²) in [6.07, 6.45) is 5.40. The van der Waals surface area contributed by atoms with Crippen LogP contribution >= 0.6 is 11.3 Å². The number of hydrogen-bond acceptors (Lipinski definition) is 4. The molecule has 2 aromatic rings. The van der Waals surface area contributed by atoms with Crippen molar-refractivity contribution in [3.05, 3.63) is 45.4 Å². The molecular weight excluding hydrogens is 256 g/mol. The van der Waals surface area contributed by atoms with Crippen LogP contribution in [0.1, 0.15) is 39.9 Å². The third-order valence-corrected chi connectivity index (χ3v) is 4.55. The Morgan fingerprint density at radius 1 is 1.47 bits per heavy atom. The van der Waals surface area contributed by atoms with E-state index in [0.717, 1.165) is 24.4 Å². The van der Waals surface area contributed by atoms with Crippen LogP contribution in [-0.2, 0) is 13.0 Å². The maximum atomic E-state index is 9.66. The smallest absolute Gasteiger partial charge is 0.115 e. The van der Waals surface area contributed by atoms with E-state index in [1.165, 1.54) is 22.4 Å². The zero-order valence-corrected chi connectivity index (χ0v) is 11.8. The van der Waals surface area contributed by atoms with Gasteiger partial charge in [0.05, 0.1) is 5.01 Å². The first-order valence-corrected chi connectivity index (χ1v) is 7.50. The van der Waals surface area contributed by atoms with Crippen LogP contribution in [0.5, 0.6) is 5.75 Å². The van der Waals surface area contributed by atoms with Gasteiger partial charge in [-0.3, -0.25) is 0 Å². The summed E-state index contributed by atoms with van der Waals surface area (Å²) in [6, 6.07) is 6.09. The van der Waals surface area contributed by atoms with E-state index in [4.69, 9.17) is 0 Å². The van der Waals surface area contributed by atoms with Crippen molar-refractivity contribution in [1.29, 1.82) is 0 Å². The van der Waals surface area contributed by atoms with Crippen molar-refractivity contribution in [1.82, 2.24) is 10.3 Å². The maximum absolute atomic E-state index is 9.66. The minimum Gasteiger partial charge on any atom is -0.508 e. The zero-order chi connectivity index (χ0) is 13.2. The molecule has 3 nitrogen and oxygen atoms in total. The molecule has 1 heterocycles. The molecule has 3 rings (SSSR count). The lowest BCUT2D eigenvalue weighted by molar-refractivity contribution is 0.447. The molecule has 19 heavy (non-hydrogen) atoms. The molecule has 0 bridgehead atoms. The molecule has 1 aromatic carbocycles. The molecule has 4 heteroatoms. The second kappa shape index (κ2) is 5.31. The Bertz CT molecular complexity index is 579. The number of thiazole rings is 1. The average Bonchev–Trinajstić information content (AvgIpc) is 2.82. The number of aromatic hydroxyl groups is 1. The molecule has 1 aliphatic carbocycles.